The molecule has 2 amide bonds. The van der Waals surface area contributed by atoms with Gasteiger partial charge in [0.2, 0.25) is 0 Å². The molecule has 5 nitrogen and oxygen atoms in total. The van der Waals surface area contributed by atoms with Gasteiger partial charge in [-0.25, -0.2) is 4.79 Å². The lowest BCUT2D eigenvalue weighted by molar-refractivity contribution is 0.238. The second-order valence-electron chi connectivity index (χ2n) is 7.40. The summed E-state index contributed by atoms with van der Waals surface area (Å²) in [6.45, 7) is 8.10. The van der Waals surface area contributed by atoms with Crippen molar-refractivity contribution in [2.45, 2.75) is 39.2 Å². The van der Waals surface area contributed by atoms with Crippen LogP contribution in [0.3, 0.4) is 0 Å². The number of carbonyl (C=O) groups excluding carboxylic acids is 1. The summed E-state index contributed by atoms with van der Waals surface area (Å²) in [7, 11) is 1.62. The molecular weight excluding hydrogens is 340 g/mol. The molecule has 0 aliphatic heterocycles. The fraction of sp³-hybridized carbons (Fsp3) is 0.409. The molecule has 0 fully saturated rings. The van der Waals surface area contributed by atoms with Gasteiger partial charge in [0.1, 0.15) is 11.5 Å². The number of hydrogen-bond donors (Lipinski definition) is 2. The summed E-state index contributed by atoms with van der Waals surface area (Å²) in [5.41, 5.74) is 2.36. The van der Waals surface area contributed by atoms with Crippen molar-refractivity contribution in [2.75, 3.05) is 20.3 Å². The van der Waals surface area contributed by atoms with Crippen molar-refractivity contribution in [3.8, 4) is 11.5 Å². The van der Waals surface area contributed by atoms with Crippen LogP contribution in [0.2, 0.25) is 0 Å². The number of para-hydroxylation sites is 1. The molecule has 0 unspecified atom stereocenters. The van der Waals surface area contributed by atoms with E-state index in [1.165, 1.54) is 5.56 Å². The van der Waals surface area contributed by atoms with Crippen molar-refractivity contribution in [3.05, 3.63) is 59.7 Å². The van der Waals surface area contributed by atoms with Crippen LogP contribution in [0.4, 0.5) is 4.79 Å². The van der Waals surface area contributed by atoms with E-state index in [1.807, 2.05) is 36.4 Å². The van der Waals surface area contributed by atoms with E-state index in [9.17, 15) is 4.79 Å². The zero-order chi connectivity index (χ0) is 19.7. The van der Waals surface area contributed by atoms with Gasteiger partial charge in [0.05, 0.1) is 13.7 Å². The Labute approximate surface area is 162 Å². The standard InChI is InChI=1S/C22H30N2O3/c1-22(2,3)18-10-12-19(13-11-18)27-15-7-14-23-21(25)24-16-17-8-5-6-9-20(17)26-4/h5-6,8-13H,7,14-16H2,1-4H3,(H2,23,24,25). The maximum atomic E-state index is 11.9. The molecule has 2 N–H and O–H groups in total. The van der Waals surface area contributed by atoms with Gasteiger partial charge >= 0.3 is 6.03 Å². The van der Waals surface area contributed by atoms with Gasteiger partial charge < -0.3 is 20.1 Å². The fourth-order valence-corrected chi connectivity index (χ4v) is 2.60. The van der Waals surface area contributed by atoms with Crippen LogP contribution in [0.15, 0.2) is 48.5 Å². The van der Waals surface area contributed by atoms with Gasteiger partial charge in [0.15, 0.2) is 0 Å². The van der Waals surface area contributed by atoms with Gasteiger partial charge in [-0.05, 0) is 35.6 Å². The van der Waals surface area contributed by atoms with Gasteiger partial charge in [0, 0.05) is 18.7 Å². The quantitative estimate of drug-likeness (QED) is 0.683. The van der Waals surface area contributed by atoms with Crippen LogP contribution < -0.4 is 20.1 Å². The van der Waals surface area contributed by atoms with Gasteiger partial charge in [-0.15, -0.1) is 0 Å². The van der Waals surface area contributed by atoms with Crippen LogP contribution in [-0.4, -0.2) is 26.3 Å². The highest BCUT2D eigenvalue weighted by atomic mass is 16.5. The average Bonchev–Trinajstić information content (AvgIpc) is 2.66. The van der Waals surface area contributed by atoms with Crippen molar-refractivity contribution < 1.29 is 14.3 Å². The lowest BCUT2D eigenvalue weighted by Crippen LogP contribution is -2.36. The van der Waals surface area contributed by atoms with Crippen molar-refractivity contribution in [1.82, 2.24) is 10.6 Å². The smallest absolute Gasteiger partial charge is 0.315 e. The lowest BCUT2D eigenvalue weighted by Gasteiger charge is -2.19. The molecule has 0 aromatic heterocycles. The van der Waals surface area contributed by atoms with Crippen molar-refractivity contribution in [2.24, 2.45) is 0 Å². The number of carbonyl (C=O) groups is 1. The Balaban J connectivity index is 1.63. The van der Waals surface area contributed by atoms with Gasteiger partial charge in [0.25, 0.3) is 0 Å². The predicted molar refractivity (Wildman–Crippen MR) is 108 cm³/mol. The number of urea groups is 1. The number of benzene rings is 2. The van der Waals surface area contributed by atoms with Crippen molar-refractivity contribution in [3.63, 3.8) is 0 Å². The lowest BCUT2D eigenvalue weighted by atomic mass is 9.87. The Morgan fingerprint density at radius 2 is 1.70 bits per heavy atom. The van der Waals surface area contributed by atoms with Crippen LogP contribution in [0.5, 0.6) is 11.5 Å². The Hall–Kier alpha value is -2.69. The molecule has 0 aliphatic carbocycles. The van der Waals surface area contributed by atoms with E-state index in [2.05, 4.69) is 43.5 Å². The molecular formula is C22H30N2O3. The molecule has 2 aromatic rings. The van der Waals surface area contributed by atoms with Crippen LogP contribution >= 0.6 is 0 Å². The summed E-state index contributed by atoms with van der Waals surface area (Å²) < 4.78 is 11.0. The normalized spacial score (nSPS) is 11.0. The molecule has 5 heteroatoms. The summed E-state index contributed by atoms with van der Waals surface area (Å²) in [6, 6.07) is 15.6. The maximum absolute atomic E-state index is 11.9. The topological polar surface area (TPSA) is 59.6 Å². The third-order valence-corrected chi connectivity index (χ3v) is 4.23. The number of hydrogen-bond acceptors (Lipinski definition) is 3. The Kier molecular flexibility index (Phi) is 7.53. The first-order valence-corrected chi connectivity index (χ1v) is 9.27. The predicted octanol–water partition coefficient (Wildman–Crippen LogP) is 4.26. The van der Waals surface area contributed by atoms with Gasteiger partial charge in [-0.1, -0.05) is 51.1 Å². The van der Waals surface area contributed by atoms with Crippen molar-refractivity contribution >= 4 is 6.03 Å². The Morgan fingerprint density at radius 3 is 2.37 bits per heavy atom. The third kappa shape index (κ3) is 6.85. The Morgan fingerprint density at radius 1 is 1.00 bits per heavy atom. The van der Waals surface area contributed by atoms with E-state index in [4.69, 9.17) is 9.47 Å². The number of rotatable bonds is 8. The highest BCUT2D eigenvalue weighted by Crippen LogP contribution is 2.24. The monoisotopic (exact) mass is 370 g/mol. The summed E-state index contributed by atoms with van der Waals surface area (Å²) in [6.07, 6.45) is 0.739. The minimum absolute atomic E-state index is 0.138. The average molecular weight is 370 g/mol. The highest BCUT2D eigenvalue weighted by molar-refractivity contribution is 5.73. The molecule has 0 heterocycles. The van der Waals surface area contributed by atoms with Crippen molar-refractivity contribution in [1.29, 1.82) is 0 Å². The Bertz CT molecular complexity index is 721. The van der Waals surface area contributed by atoms with E-state index in [0.29, 0.717) is 19.7 Å². The number of ether oxygens (including phenoxy) is 2. The van der Waals surface area contributed by atoms with Gasteiger partial charge in [-0.3, -0.25) is 0 Å². The zero-order valence-corrected chi connectivity index (χ0v) is 16.7. The first-order chi connectivity index (χ1) is 12.9. The van der Waals surface area contributed by atoms with Crippen LogP contribution in [0.25, 0.3) is 0 Å². The molecule has 0 aliphatic rings. The molecule has 146 valence electrons. The molecule has 0 spiro atoms. The molecule has 0 radical (unpaired) electrons. The first kappa shape index (κ1) is 20.6. The minimum Gasteiger partial charge on any atom is -0.496 e. The molecule has 0 saturated heterocycles. The second kappa shape index (κ2) is 9.86. The van der Waals surface area contributed by atoms with Crippen LogP contribution in [0.1, 0.15) is 38.3 Å². The molecule has 27 heavy (non-hydrogen) atoms. The summed E-state index contributed by atoms with van der Waals surface area (Å²) >= 11 is 0. The minimum atomic E-state index is -0.199. The van der Waals surface area contributed by atoms with E-state index < -0.39 is 0 Å². The number of amides is 2. The molecule has 0 bridgehead atoms. The van der Waals surface area contributed by atoms with Crippen LogP contribution in [0, 0.1) is 0 Å². The number of nitrogens with one attached hydrogen (secondary N) is 2. The summed E-state index contributed by atoms with van der Waals surface area (Å²) in [4.78, 5) is 11.9. The number of methoxy groups -OCH3 is 1. The second-order valence-corrected chi connectivity index (χ2v) is 7.40. The van der Waals surface area contributed by atoms with E-state index in [0.717, 1.165) is 23.5 Å². The fourth-order valence-electron chi connectivity index (χ4n) is 2.60. The molecule has 0 saturated carbocycles. The molecule has 0 atom stereocenters. The van der Waals surface area contributed by atoms with E-state index >= 15 is 0 Å². The van der Waals surface area contributed by atoms with E-state index in [1.54, 1.807) is 7.11 Å². The third-order valence-electron chi connectivity index (χ3n) is 4.23. The maximum Gasteiger partial charge on any atom is 0.315 e. The van der Waals surface area contributed by atoms with Crippen LogP contribution in [-0.2, 0) is 12.0 Å². The summed E-state index contributed by atoms with van der Waals surface area (Å²) in [5, 5.41) is 5.67. The molecule has 2 aromatic carbocycles. The first-order valence-electron chi connectivity index (χ1n) is 9.27. The SMILES string of the molecule is COc1ccccc1CNC(=O)NCCCOc1ccc(C(C)(C)C)cc1. The van der Waals surface area contributed by atoms with Gasteiger partial charge in [-0.2, -0.15) is 0 Å². The highest BCUT2D eigenvalue weighted by Gasteiger charge is 2.12. The molecule has 2 rings (SSSR count). The zero-order valence-electron chi connectivity index (χ0n) is 16.7. The van der Waals surface area contributed by atoms with E-state index in [-0.39, 0.29) is 11.4 Å². The summed E-state index contributed by atoms with van der Waals surface area (Å²) in [5.74, 6) is 1.62. The largest absolute Gasteiger partial charge is 0.496 e.